The number of benzene rings is 2. The molecule has 2 rings (SSSR count). The quantitative estimate of drug-likeness (QED) is 0.694. The lowest BCUT2D eigenvalue weighted by atomic mass is 10.2. The van der Waals surface area contributed by atoms with Crippen LogP contribution in [0.25, 0.3) is 0 Å². The molecule has 0 radical (unpaired) electrons. The standard InChI is InChI=1S/C16H16ClNO3.2C2H6O/c1-11(16(18)19)21-15-6-2-12(3-7-15)10-20-14-8-4-13(17)5-9-14;2*1-2-3/h2-9,11H,10H2,1H3,(H2,18,19);2*3H,2H2,1H3. The second-order valence-corrected chi connectivity index (χ2v) is 5.62. The minimum atomic E-state index is -0.652. The van der Waals surface area contributed by atoms with E-state index in [9.17, 15) is 4.79 Å². The molecule has 2 aromatic rings. The molecule has 0 saturated heterocycles. The third-order valence-corrected chi connectivity index (χ3v) is 3.11. The van der Waals surface area contributed by atoms with Crippen LogP contribution in [0.5, 0.6) is 11.5 Å². The summed E-state index contributed by atoms with van der Waals surface area (Å²) >= 11 is 5.81. The summed E-state index contributed by atoms with van der Waals surface area (Å²) in [5.74, 6) is 0.851. The van der Waals surface area contributed by atoms with Crippen molar-refractivity contribution in [3.05, 3.63) is 59.1 Å². The van der Waals surface area contributed by atoms with E-state index in [2.05, 4.69) is 0 Å². The first-order chi connectivity index (χ1) is 12.9. The van der Waals surface area contributed by atoms with Crippen LogP contribution in [0.4, 0.5) is 0 Å². The monoisotopic (exact) mass is 397 g/mol. The molecule has 7 heteroatoms. The van der Waals surface area contributed by atoms with E-state index in [4.69, 9.17) is 37.0 Å². The van der Waals surface area contributed by atoms with E-state index in [0.717, 1.165) is 11.3 Å². The summed E-state index contributed by atoms with van der Waals surface area (Å²) in [6.45, 7) is 5.91. The molecule has 27 heavy (non-hydrogen) atoms. The topological polar surface area (TPSA) is 102 Å². The minimum Gasteiger partial charge on any atom is -0.489 e. The number of hydrogen-bond acceptors (Lipinski definition) is 5. The van der Waals surface area contributed by atoms with Crippen molar-refractivity contribution < 1.29 is 24.5 Å². The molecule has 150 valence electrons. The Kier molecular flexibility index (Phi) is 13.6. The van der Waals surface area contributed by atoms with Crippen molar-refractivity contribution in [1.29, 1.82) is 0 Å². The number of aliphatic hydroxyl groups is 2. The highest BCUT2D eigenvalue weighted by molar-refractivity contribution is 6.30. The predicted molar refractivity (Wildman–Crippen MR) is 107 cm³/mol. The number of halogens is 1. The van der Waals surface area contributed by atoms with E-state index >= 15 is 0 Å². The van der Waals surface area contributed by atoms with Crippen LogP contribution < -0.4 is 15.2 Å². The zero-order valence-corrected chi connectivity index (χ0v) is 16.6. The van der Waals surface area contributed by atoms with Gasteiger partial charge in [0, 0.05) is 18.2 Å². The van der Waals surface area contributed by atoms with Crippen molar-refractivity contribution in [1.82, 2.24) is 0 Å². The molecule has 0 aromatic heterocycles. The maximum atomic E-state index is 10.9. The van der Waals surface area contributed by atoms with Gasteiger partial charge in [0.1, 0.15) is 18.1 Å². The fraction of sp³-hybridized carbons (Fsp3) is 0.350. The Balaban J connectivity index is 0.000000997. The summed E-state index contributed by atoms with van der Waals surface area (Å²) in [5.41, 5.74) is 6.13. The number of hydrogen-bond donors (Lipinski definition) is 3. The Labute approximate surface area is 165 Å². The number of rotatable bonds is 6. The van der Waals surface area contributed by atoms with Gasteiger partial charge in [-0.2, -0.15) is 0 Å². The number of nitrogens with two attached hydrogens (primary N) is 1. The summed E-state index contributed by atoms with van der Waals surface area (Å²) in [4.78, 5) is 10.9. The van der Waals surface area contributed by atoms with Crippen molar-refractivity contribution in [2.75, 3.05) is 13.2 Å². The van der Waals surface area contributed by atoms with Crippen LogP contribution in [-0.4, -0.2) is 35.4 Å². The Morgan fingerprint density at radius 1 is 1.00 bits per heavy atom. The number of aliphatic hydroxyl groups excluding tert-OH is 2. The molecule has 0 heterocycles. The maximum absolute atomic E-state index is 10.9. The van der Waals surface area contributed by atoms with Gasteiger partial charge in [-0.1, -0.05) is 23.7 Å². The molecule has 1 atom stereocenters. The fourth-order valence-electron chi connectivity index (χ4n) is 1.62. The molecule has 0 aliphatic heterocycles. The van der Waals surface area contributed by atoms with E-state index in [1.165, 1.54) is 0 Å². The molecule has 0 aliphatic carbocycles. The molecule has 1 unspecified atom stereocenters. The highest BCUT2D eigenvalue weighted by Gasteiger charge is 2.09. The van der Waals surface area contributed by atoms with Crippen LogP contribution in [-0.2, 0) is 11.4 Å². The van der Waals surface area contributed by atoms with Gasteiger partial charge in [-0.15, -0.1) is 0 Å². The van der Waals surface area contributed by atoms with Gasteiger partial charge in [-0.05, 0) is 62.7 Å². The average Bonchev–Trinajstić information content (AvgIpc) is 2.64. The number of carbonyl (C=O) groups excluding carboxylic acids is 1. The van der Waals surface area contributed by atoms with Gasteiger partial charge >= 0.3 is 0 Å². The highest BCUT2D eigenvalue weighted by atomic mass is 35.5. The number of carbonyl (C=O) groups is 1. The SMILES string of the molecule is CC(Oc1ccc(COc2ccc(Cl)cc2)cc1)C(N)=O.CCO.CCO. The maximum Gasteiger partial charge on any atom is 0.258 e. The number of amides is 1. The smallest absolute Gasteiger partial charge is 0.258 e. The number of ether oxygens (including phenoxy) is 2. The normalized spacial score (nSPS) is 10.4. The van der Waals surface area contributed by atoms with Crippen molar-refractivity contribution in [3.8, 4) is 11.5 Å². The van der Waals surface area contributed by atoms with Crippen LogP contribution in [0, 0.1) is 0 Å². The zero-order chi connectivity index (χ0) is 20.7. The molecule has 4 N–H and O–H groups in total. The first-order valence-corrected chi connectivity index (χ1v) is 8.90. The average molecular weight is 398 g/mol. The van der Waals surface area contributed by atoms with E-state index < -0.39 is 12.0 Å². The molecule has 0 fully saturated rings. The minimum absolute atomic E-state index is 0.250. The zero-order valence-electron chi connectivity index (χ0n) is 15.9. The summed E-state index contributed by atoms with van der Waals surface area (Å²) in [5, 5.41) is 15.8. The largest absolute Gasteiger partial charge is 0.489 e. The van der Waals surface area contributed by atoms with Gasteiger partial charge in [0.2, 0.25) is 0 Å². The molecular weight excluding hydrogens is 370 g/mol. The molecule has 0 saturated carbocycles. The molecule has 2 aromatic carbocycles. The van der Waals surface area contributed by atoms with Crippen LogP contribution in [0.1, 0.15) is 26.3 Å². The van der Waals surface area contributed by atoms with E-state index in [0.29, 0.717) is 17.4 Å². The second-order valence-electron chi connectivity index (χ2n) is 5.18. The van der Waals surface area contributed by atoms with Gasteiger partial charge in [0.25, 0.3) is 5.91 Å². The summed E-state index contributed by atoms with van der Waals surface area (Å²) in [7, 11) is 0. The van der Waals surface area contributed by atoms with E-state index in [-0.39, 0.29) is 13.2 Å². The van der Waals surface area contributed by atoms with E-state index in [1.807, 2.05) is 24.3 Å². The van der Waals surface area contributed by atoms with Gasteiger partial charge in [-0.3, -0.25) is 4.79 Å². The molecule has 6 nitrogen and oxygen atoms in total. The lowest BCUT2D eigenvalue weighted by Crippen LogP contribution is -2.30. The van der Waals surface area contributed by atoms with Crippen LogP contribution in [0.2, 0.25) is 5.02 Å². The van der Waals surface area contributed by atoms with Gasteiger partial charge in [-0.25, -0.2) is 0 Å². The van der Waals surface area contributed by atoms with Crippen molar-refractivity contribution in [2.45, 2.75) is 33.5 Å². The third-order valence-electron chi connectivity index (χ3n) is 2.86. The molecule has 0 spiro atoms. The first kappa shape index (κ1) is 24.7. The first-order valence-electron chi connectivity index (χ1n) is 8.52. The van der Waals surface area contributed by atoms with Gasteiger partial charge < -0.3 is 25.4 Å². The fourth-order valence-corrected chi connectivity index (χ4v) is 1.75. The van der Waals surface area contributed by atoms with E-state index in [1.54, 1.807) is 45.0 Å². The Hall–Kier alpha value is -2.28. The highest BCUT2D eigenvalue weighted by Crippen LogP contribution is 2.18. The molecule has 0 aliphatic rings. The Morgan fingerprint density at radius 2 is 1.44 bits per heavy atom. The lowest BCUT2D eigenvalue weighted by Gasteiger charge is -2.12. The van der Waals surface area contributed by atoms with Crippen molar-refractivity contribution in [2.24, 2.45) is 5.73 Å². The van der Waals surface area contributed by atoms with Gasteiger partial charge in [0.15, 0.2) is 6.10 Å². The van der Waals surface area contributed by atoms with Crippen molar-refractivity contribution >= 4 is 17.5 Å². The summed E-state index contributed by atoms with van der Waals surface area (Å²) in [6, 6.07) is 14.5. The summed E-state index contributed by atoms with van der Waals surface area (Å²) in [6.07, 6.45) is -0.652. The lowest BCUT2D eigenvalue weighted by molar-refractivity contribution is -0.123. The Morgan fingerprint density at radius 3 is 1.89 bits per heavy atom. The van der Waals surface area contributed by atoms with Crippen molar-refractivity contribution in [3.63, 3.8) is 0 Å². The van der Waals surface area contributed by atoms with Crippen LogP contribution in [0.15, 0.2) is 48.5 Å². The second kappa shape index (κ2) is 14.8. The molecule has 0 bridgehead atoms. The molecule has 1 amide bonds. The predicted octanol–water partition coefficient (Wildman–Crippen LogP) is 3.17. The molecular formula is C20H28ClNO5. The Bertz CT molecular complexity index is 630. The van der Waals surface area contributed by atoms with Gasteiger partial charge in [0.05, 0.1) is 0 Å². The third kappa shape index (κ3) is 11.9. The summed E-state index contributed by atoms with van der Waals surface area (Å²) < 4.78 is 11.0. The number of primary amides is 1. The van der Waals surface area contributed by atoms with Crippen LogP contribution in [0.3, 0.4) is 0 Å². The van der Waals surface area contributed by atoms with Crippen LogP contribution >= 0.6 is 11.6 Å².